The van der Waals surface area contributed by atoms with E-state index in [1.807, 2.05) is 24.3 Å². The van der Waals surface area contributed by atoms with E-state index in [1.54, 1.807) is 0 Å². The zero-order valence-corrected chi connectivity index (χ0v) is 6.90. The highest BCUT2D eigenvalue weighted by atomic mass is 16.3. The van der Waals surface area contributed by atoms with Gasteiger partial charge in [0.15, 0.2) is 0 Å². The number of aliphatic hydroxyl groups is 1. The van der Waals surface area contributed by atoms with Crippen molar-refractivity contribution in [2.24, 2.45) is 5.73 Å². The van der Waals surface area contributed by atoms with Crippen LogP contribution >= 0.6 is 0 Å². The third kappa shape index (κ3) is 2.22. The molecule has 0 aliphatic carbocycles. The number of nitrogens with two attached hydrogens (primary N) is 2. The molecular weight excluding hydrogens is 152 g/mol. The van der Waals surface area contributed by atoms with E-state index >= 15 is 0 Å². The first kappa shape index (κ1) is 9.03. The van der Waals surface area contributed by atoms with Gasteiger partial charge in [-0.3, -0.25) is 0 Å². The smallest absolute Gasteiger partial charge is 0.0449 e. The zero-order chi connectivity index (χ0) is 8.97. The maximum absolute atomic E-state index is 8.65. The lowest BCUT2D eigenvalue weighted by molar-refractivity contribution is 0.276. The van der Waals surface area contributed by atoms with Gasteiger partial charge in [-0.15, -0.1) is 0 Å². The van der Waals surface area contributed by atoms with E-state index in [2.05, 4.69) is 0 Å². The molecule has 0 aromatic heterocycles. The van der Waals surface area contributed by atoms with Crippen LogP contribution in [0.4, 0.5) is 5.69 Å². The number of nitrogen functional groups attached to an aromatic ring is 1. The second-order valence-electron chi connectivity index (χ2n) is 2.79. The quantitative estimate of drug-likeness (QED) is 0.577. The Morgan fingerprint density at radius 3 is 2.33 bits per heavy atom. The largest absolute Gasteiger partial charge is 0.399 e. The second kappa shape index (κ2) is 4.09. The first-order valence-corrected chi connectivity index (χ1v) is 3.96. The molecule has 1 rings (SSSR count). The predicted octanol–water partition coefficient (Wildman–Crippen LogP) is 0.651. The number of benzene rings is 1. The van der Waals surface area contributed by atoms with Gasteiger partial charge in [0.2, 0.25) is 0 Å². The molecule has 3 nitrogen and oxygen atoms in total. The molecule has 0 saturated carbocycles. The summed E-state index contributed by atoms with van der Waals surface area (Å²) in [5.41, 5.74) is 13.0. The molecule has 0 amide bonds. The number of rotatable bonds is 3. The Hall–Kier alpha value is -1.06. The average Bonchev–Trinajstić information content (AvgIpc) is 2.06. The van der Waals surface area contributed by atoms with Gasteiger partial charge in [0.1, 0.15) is 0 Å². The maximum Gasteiger partial charge on any atom is 0.0449 e. The van der Waals surface area contributed by atoms with Crippen LogP contribution in [0, 0.1) is 0 Å². The Bertz CT molecular complexity index is 233. The fourth-order valence-electron chi connectivity index (χ4n) is 1.05. The van der Waals surface area contributed by atoms with Crippen LogP contribution in [0.1, 0.15) is 18.0 Å². The molecule has 0 saturated heterocycles. The molecule has 0 unspecified atom stereocenters. The van der Waals surface area contributed by atoms with Gasteiger partial charge in [0.05, 0.1) is 0 Å². The second-order valence-corrected chi connectivity index (χ2v) is 2.79. The lowest BCUT2D eigenvalue weighted by Crippen LogP contribution is -2.11. The summed E-state index contributed by atoms with van der Waals surface area (Å²) in [5.74, 6) is 0. The molecule has 3 heteroatoms. The SMILES string of the molecule is Nc1ccc([C@@H](N)CCO)cc1. The van der Waals surface area contributed by atoms with Crippen LogP contribution in [0.3, 0.4) is 0 Å². The van der Waals surface area contributed by atoms with Gasteiger partial charge in [-0.1, -0.05) is 12.1 Å². The normalized spacial score (nSPS) is 12.8. The molecular formula is C9H14N2O. The van der Waals surface area contributed by atoms with Crippen molar-refractivity contribution >= 4 is 5.69 Å². The van der Waals surface area contributed by atoms with Crippen molar-refractivity contribution in [3.8, 4) is 0 Å². The van der Waals surface area contributed by atoms with E-state index in [1.165, 1.54) is 0 Å². The predicted molar refractivity (Wildman–Crippen MR) is 49.5 cm³/mol. The fourth-order valence-corrected chi connectivity index (χ4v) is 1.05. The molecule has 0 heterocycles. The van der Waals surface area contributed by atoms with Gasteiger partial charge >= 0.3 is 0 Å². The summed E-state index contributed by atoms with van der Waals surface area (Å²) < 4.78 is 0. The highest BCUT2D eigenvalue weighted by molar-refractivity contribution is 5.40. The number of aliphatic hydroxyl groups excluding tert-OH is 1. The summed E-state index contributed by atoms with van der Waals surface area (Å²) in [4.78, 5) is 0. The molecule has 0 bridgehead atoms. The van der Waals surface area contributed by atoms with Crippen LogP contribution in [-0.4, -0.2) is 11.7 Å². The van der Waals surface area contributed by atoms with E-state index in [-0.39, 0.29) is 12.6 Å². The highest BCUT2D eigenvalue weighted by Crippen LogP contribution is 2.14. The number of hydrogen-bond donors (Lipinski definition) is 3. The molecule has 66 valence electrons. The fraction of sp³-hybridized carbons (Fsp3) is 0.333. The van der Waals surface area contributed by atoms with Crippen LogP contribution in [0.2, 0.25) is 0 Å². The Morgan fingerprint density at radius 2 is 1.83 bits per heavy atom. The Balaban J connectivity index is 2.68. The Kier molecular flexibility index (Phi) is 3.08. The van der Waals surface area contributed by atoms with Crippen molar-refractivity contribution in [2.75, 3.05) is 12.3 Å². The van der Waals surface area contributed by atoms with Gasteiger partial charge in [-0.25, -0.2) is 0 Å². The highest BCUT2D eigenvalue weighted by Gasteiger charge is 2.03. The van der Waals surface area contributed by atoms with E-state index < -0.39 is 0 Å². The first-order valence-electron chi connectivity index (χ1n) is 3.96. The summed E-state index contributed by atoms with van der Waals surface area (Å²) >= 11 is 0. The molecule has 1 atom stereocenters. The average molecular weight is 166 g/mol. The van der Waals surface area contributed by atoms with Crippen molar-refractivity contribution in [3.63, 3.8) is 0 Å². The molecule has 0 radical (unpaired) electrons. The number of hydrogen-bond acceptors (Lipinski definition) is 3. The lowest BCUT2D eigenvalue weighted by atomic mass is 10.1. The Morgan fingerprint density at radius 1 is 1.25 bits per heavy atom. The van der Waals surface area contributed by atoms with E-state index in [0.717, 1.165) is 11.3 Å². The molecule has 12 heavy (non-hydrogen) atoms. The van der Waals surface area contributed by atoms with Crippen molar-refractivity contribution < 1.29 is 5.11 Å². The topological polar surface area (TPSA) is 72.3 Å². The molecule has 0 fully saturated rings. The standard InChI is InChI=1S/C9H14N2O/c10-8-3-1-7(2-4-8)9(11)5-6-12/h1-4,9,12H,5-6,10-11H2/t9-/m0/s1. The van der Waals surface area contributed by atoms with Gasteiger partial charge < -0.3 is 16.6 Å². The first-order chi connectivity index (χ1) is 5.74. The van der Waals surface area contributed by atoms with Gasteiger partial charge in [0.25, 0.3) is 0 Å². The van der Waals surface area contributed by atoms with Crippen molar-refractivity contribution in [2.45, 2.75) is 12.5 Å². The molecule has 0 spiro atoms. The van der Waals surface area contributed by atoms with Crippen LogP contribution < -0.4 is 11.5 Å². The summed E-state index contributed by atoms with van der Waals surface area (Å²) in [6.45, 7) is 0.117. The molecule has 0 aliphatic rings. The summed E-state index contributed by atoms with van der Waals surface area (Å²) in [5, 5.41) is 8.65. The van der Waals surface area contributed by atoms with Gasteiger partial charge in [-0.05, 0) is 24.1 Å². The van der Waals surface area contributed by atoms with Crippen molar-refractivity contribution in [1.82, 2.24) is 0 Å². The van der Waals surface area contributed by atoms with E-state index in [4.69, 9.17) is 16.6 Å². The minimum atomic E-state index is -0.0874. The summed E-state index contributed by atoms with van der Waals surface area (Å²) in [6.07, 6.45) is 0.587. The monoisotopic (exact) mass is 166 g/mol. The van der Waals surface area contributed by atoms with E-state index in [0.29, 0.717) is 6.42 Å². The van der Waals surface area contributed by atoms with Gasteiger partial charge in [0, 0.05) is 18.3 Å². The lowest BCUT2D eigenvalue weighted by Gasteiger charge is -2.09. The Labute approximate surface area is 72.0 Å². The van der Waals surface area contributed by atoms with Crippen molar-refractivity contribution in [1.29, 1.82) is 0 Å². The van der Waals surface area contributed by atoms with E-state index in [9.17, 15) is 0 Å². The number of anilines is 1. The molecule has 1 aromatic rings. The summed E-state index contributed by atoms with van der Waals surface area (Å²) in [7, 11) is 0. The minimum absolute atomic E-state index is 0.0874. The maximum atomic E-state index is 8.65. The van der Waals surface area contributed by atoms with Crippen LogP contribution in [-0.2, 0) is 0 Å². The van der Waals surface area contributed by atoms with Crippen LogP contribution in [0.15, 0.2) is 24.3 Å². The zero-order valence-electron chi connectivity index (χ0n) is 6.90. The minimum Gasteiger partial charge on any atom is -0.399 e. The van der Waals surface area contributed by atoms with Crippen LogP contribution in [0.25, 0.3) is 0 Å². The van der Waals surface area contributed by atoms with Crippen molar-refractivity contribution in [3.05, 3.63) is 29.8 Å². The molecule has 1 aromatic carbocycles. The molecule has 5 N–H and O–H groups in total. The van der Waals surface area contributed by atoms with Crippen LogP contribution in [0.5, 0.6) is 0 Å². The van der Waals surface area contributed by atoms with Gasteiger partial charge in [-0.2, -0.15) is 0 Å². The third-order valence-electron chi connectivity index (χ3n) is 1.80. The summed E-state index contributed by atoms with van der Waals surface area (Å²) in [6, 6.07) is 7.31. The molecule has 0 aliphatic heterocycles. The third-order valence-corrected chi connectivity index (χ3v) is 1.80.